The summed E-state index contributed by atoms with van der Waals surface area (Å²) in [5, 5.41) is 16.5. The summed E-state index contributed by atoms with van der Waals surface area (Å²) in [7, 11) is 0. The Hall–Kier alpha value is -0.200. The predicted octanol–water partition coefficient (Wildman–Crippen LogP) is 3.56. The van der Waals surface area contributed by atoms with Crippen molar-refractivity contribution < 1.29 is 24.4 Å². The molecule has 0 aliphatic heterocycles. The summed E-state index contributed by atoms with van der Waals surface area (Å²) in [6.45, 7) is 8.19. The zero-order chi connectivity index (χ0) is 18.1. The van der Waals surface area contributed by atoms with Gasteiger partial charge in [-0.15, -0.1) is 0 Å². The van der Waals surface area contributed by atoms with Crippen LogP contribution in [0.15, 0.2) is 0 Å². The van der Waals surface area contributed by atoms with Gasteiger partial charge >= 0.3 is 0 Å². The fourth-order valence-corrected chi connectivity index (χ4v) is 1.99. The summed E-state index contributed by atoms with van der Waals surface area (Å²) in [6.07, 6.45) is 12.0. The third-order valence-corrected chi connectivity index (χ3v) is 3.38. The van der Waals surface area contributed by atoms with E-state index >= 15 is 0 Å². The highest BCUT2D eigenvalue weighted by molar-refractivity contribution is 4.43. The summed E-state index contributed by atoms with van der Waals surface area (Å²) in [6, 6.07) is 0. The molecular weight excluding hydrogens is 308 g/mol. The van der Waals surface area contributed by atoms with Gasteiger partial charge < -0.3 is 24.4 Å². The highest BCUT2D eigenvalue weighted by Gasteiger charge is 1.91. The molecule has 0 aromatic rings. The minimum atomic E-state index is 0.0417. The Labute approximate surface area is 149 Å². The lowest BCUT2D eigenvalue weighted by atomic mass is 10.2. The second kappa shape index (κ2) is 27.6. The maximum Gasteiger partial charge on any atom is 0.0701 e. The molecule has 0 aromatic heterocycles. The second-order valence-electron chi connectivity index (χ2n) is 5.76. The van der Waals surface area contributed by atoms with Crippen molar-refractivity contribution in [2.75, 3.05) is 52.9 Å². The monoisotopic (exact) mass is 350 g/mol. The fraction of sp³-hybridized carbons (Fsp3) is 1.00. The number of hydrogen-bond donors (Lipinski definition) is 2. The first-order chi connectivity index (χ1) is 11.8. The molecule has 0 unspecified atom stereocenters. The molecule has 0 spiro atoms. The summed E-state index contributed by atoms with van der Waals surface area (Å²) in [4.78, 5) is 0. The topological polar surface area (TPSA) is 68.2 Å². The molecule has 0 aliphatic rings. The molecule has 148 valence electrons. The maximum atomic E-state index is 8.26. The van der Waals surface area contributed by atoms with Crippen LogP contribution >= 0.6 is 0 Å². The van der Waals surface area contributed by atoms with E-state index < -0.39 is 0 Å². The van der Waals surface area contributed by atoms with Gasteiger partial charge in [0.05, 0.1) is 39.6 Å². The average molecular weight is 351 g/mol. The van der Waals surface area contributed by atoms with Crippen molar-refractivity contribution in [3.05, 3.63) is 0 Å². The van der Waals surface area contributed by atoms with Crippen LogP contribution in [0.1, 0.15) is 71.6 Å². The molecule has 0 aliphatic carbocycles. The molecule has 0 aromatic carbocycles. The van der Waals surface area contributed by atoms with Crippen LogP contribution in [0, 0.1) is 0 Å². The average Bonchev–Trinajstić information content (AvgIpc) is 2.60. The Balaban J connectivity index is 0. The molecular formula is C19H42O5. The minimum absolute atomic E-state index is 0.0417. The molecule has 0 heterocycles. The first-order valence-corrected chi connectivity index (χ1v) is 9.78. The van der Waals surface area contributed by atoms with Gasteiger partial charge in [-0.05, 0) is 12.8 Å². The van der Waals surface area contributed by atoms with Gasteiger partial charge in [0.1, 0.15) is 0 Å². The van der Waals surface area contributed by atoms with Crippen molar-refractivity contribution in [3.63, 3.8) is 0 Å². The normalized spacial score (nSPS) is 10.5. The number of hydrogen-bond acceptors (Lipinski definition) is 5. The van der Waals surface area contributed by atoms with E-state index in [1.165, 1.54) is 57.8 Å². The van der Waals surface area contributed by atoms with Crippen LogP contribution in [0.5, 0.6) is 0 Å². The standard InChI is InChI=1S/C13H28O.C6H14O4/c1-3-5-7-9-11-13-14-12-10-8-6-4-2;7-1-3-9-5-6-10-4-2-8/h3-13H2,1-2H3;7-8H,1-6H2. The maximum absolute atomic E-state index is 8.26. The first kappa shape index (κ1) is 26.0. The summed E-state index contributed by atoms with van der Waals surface area (Å²) in [5.74, 6) is 0. The predicted molar refractivity (Wildman–Crippen MR) is 99.5 cm³/mol. The van der Waals surface area contributed by atoms with Crippen LogP contribution in [0.2, 0.25) is 0 Å². The van der Waals surface area contributed by atoms with E-state index in [4.69, 9.17) is 24.4 Å². The number of rotatable bonds is 18. The van der Waals surface area contributed by atoms with E-state index in [1.54, 1.807) is 0 Å². The molecule has 0 fully saturated rings. The smallest absolute Gasteiger partial charge is 0.0701 e. The van der Waals surface area contributed by atoms with Gasteiger partial charge in [-0.1, -0.05) is 58.8 Å². The Kier molecular flexibility index (Phi) is 30.0. The van der Waals surface area contributed by atoms with E-state index in [-0.39, 0.29) is 13.2 Å². The van der Waals surface area contributed by atoms with Crippen molar-refractivity contribution in [2.45, 2.75) is 71.6 Å². The first-order valence-electron chi connectivity index (χ1n) is 9.78. The summed E-state index contributed by atoms with van der Waals surface area (Å²) in [5.41, 5.74) is 0. The highest BCUT2D eigenvalue weighted by Crippen LogP contribution is 2.03. The molecule has 2 N–H and O–H groups in total. The molecule has 0 saturated carbocycles. The van der Waals surface area contributed by atoms with Crippen LogP contribution in [0.25, 0.3) is 0 Å². The Morgan fingerprint density at radius 1 is 0.458 bits per heavy atom. The molecule has 5 nitrogen and oxygen atoms in total. The number of aliphatic hydroxyl groups is 2. The van der Waals surface area contributed by atoms with Crippen molar-refractivity contribution in [1.82, 2.24) is 0 Å². The van der Waals surface area contributed by atoms with Gasteiger partial charge in [0.15, 0.2) is 0 Å². The third-order valence-electron chi connectivity index (χ3n) is 3.38. The Bertz CT molecular complexity index is 171. The molecule has 0 saturated heterocycles. The van der Waals surface area contributed by atoms with Crippen LogP contribution in [-0.2, 0) is 14.2 Å². The third kappa shape index (κ3) is 29.8. The van der Waals surface area contributed by atoms with E-state index in [2.05, 4.69) is 13.8 Å². The highest BCUT2D eigenvalue weighted by atomic mass is 16.5. The molecule has 0 rings (SSSR count). The number of unbranched alkanes of at least 4 members (excludes halogenated alkanes) is 7. The van der Waals surface area contributed by atoms with E-state index in [1.807, 2.05) is 0 Å². The van der Waals surface area contributed by atoms with E-state index in [9.17, 15) is 0 Å². The van der Waals surface area contributed by atoms with Crippen molar-refractivity contribution in [2.24, 2.45) is 0 Å². The molecule has 24 heavy (non-hydrogen) atoms. The summed E-state index contributed by atoms with van der Waals surface area (Å²) >= 11 is 0. The SMILES string of the molecule is CCCCCCCOCCCCCC.OCCOCCOCCO. The Morgan fingerprint density at radius 3 is 1.25 bits per heavy atom. The lowest BCUT2D eigenvalue weighted by molar-refractivity contribution is 0.0222. The van der Waals surface area contributed by atoms with Gasteiger partial charge in [-0.2, -0.15) is 0 Å². The fourth-order valence-electron chi connectivity index (χ4n) is 1.99. The molecule has 0 radical (unpaired) electrons. The zero-order valence-corrected chi connectivity index (χ0v) is 16.1. The van der Waals surface area contributed by atoms with Crippen molar-refractivity contribution in [1.29, 1.82) is 0 Å². The molecule has 0 amide bonds. The van der Waals surface area contributed by atoms with Gasteiger partial charge in [0, 0.05) is 13.2 Å². The second-order valence-corrected chi connectivity index (χ2v) is 5.76. The van der Waals surface area contributed by atoms with Crippen molar-refractivity contribution in [3.8, 4) is 0 Å². The molecule has 0 bridgehead atoms. The van der Waals surface area contributed by atoms with Crippen LogP contribution in [0.3, 0.4) is 0 Å². The summed E-state index contributed by atoms with van der Waals surface area (Å²) < 4.78 is 15.3. The van der Waals surface area contributed by atoms with Crippen LogP contribution in [0.4, 0.5) is 0 Å². The van der Waals surface area contributed by atoms with Crippen LogP contribution in [-0.4, -0.2) is 63.1 Å². The van der Waals surface area contributed by atoms with Gasteiger partial charge in [0.2, 0.25) is 0 Å². The largest absolute Gasteiger partial charge is 0.394 e. The van der Waals surface area contributed by atoms with Crippen molar-refractivity contribution >= 4 is 0 Å². The van der Waals surface area contributed by atoms with Gasteiger partial charge in [-0.25, -0.2) is 0 Å². The van der Waals surface area contributed by atoms with Gasteiger partial charge in [-0.3, -0.25) is 0 Å². The van der Waals surface area contributed by atoms with E-state index in [0.29, 0.717) is 26.4 Å². The molecule has 5 heteroatoms. The lowest BCUT2D eigenvalue weighted by Gasteiger charge is -2.03. The number of aliphatic hydroxyl groups excluding tert-OH is 2. The quantitative estimate of drug-likeness (QED) is 0.370. The lowest BCUT2D eigenvalue weighted by Crippen LogP contribution is -2.09. The van der Waals surface area contributed by atoms with E-state index in [0.717, 1.165) is 13.2 Å². The zero-order valence-electron chi connectivity index (χ0n) is 16.1. The number of ether oxygens (including phenoxy) is 3. The minimum Gasteiger partial charge on any atom is -0.394 e. The molecule has 0 atom stereocenters. The van der Waals surface area contributed by atoms with Crippen LogP contribution < -0.4 is 0 Å². The Morgan fingerprint density at radius 2 is 0.833 bits per heavy atom. The van der Waals surface area contributed by atoms with Gasteiger partial charge in [0.25, 0.3) is 0 Å².